The minimum Gasteiger partial charge on any atom is -0.493 e. The molecule has 0 saturated heterocycles. The zero-order valence-corrected chi connectivity index (χ0v) is 22.7. The molecule has 1 aliphatic rings. The normalized spacial score (nSPS) is 14.4. The Balaban J connectivity index is 1.52. The second-order valence-corrected chi connectivity index (χ2v) is 9.69. The third kappa shape index (κ3) is 9.42. The van der Waals surface area contributed by atoms with Gasteiger partial charge in [-0.1, -0.05) is 64.4 Å². The topological polar surface area (TPSA) is 71.1 Å². The molecular formula is C31H42O6. The zero-order chi connectivity index (χ0) is 26.5. The molecule has 0 aromatic heterocycles. The Kier molecular flexibility index (Phi) is 11.8. The van der Waals surface area contributed by atoms with Crippen molar-refractivity contribution in [1.82, 2.24) is 0 Å². The van der Waals surface area contributed by atoms with E-state index in [9.17, 15) is 9.59 Å². The van der Waals surface area contributed by atoms with E-state index in [2.05, 4.69) is 6.92 Å². The maximum atomic E-state index is 12.4. The summed E-state index contributed by atoms with van der Waals surface area (Å²) in [5.41, 5.74) is 1.99. The van der Waals surface area contributed by atoms with Crippen LogP contribution in [-0.4, -0.2) is 18.5 Å². The van der Waals surface area contributed by atoms with Gasteiger partial charge in [0.25, 0.3) is 0 Å². The number of esters is 2. The van der Waals surface area contributed by atoms with Crippen molar-refractivity contribution in [2.24, 2.45) is 0 Å². The van der Waals surface area contributed by atoms with Gasteiger partial charge in [-0.3, -0.25) is 9.59 Å². The lowest BCUT2D eigenvalue weighted by Gasteiger charge is -2.28. The first-order valence-electron chi connectivity index (χ1n) is 14.0. The smallest absolute Gasteiger partial charge is 0.311 e. The highest BCUT2D eigenvalue weighted by Gasteiger charge is 2.25. The number of rotatable bonds is 15. The first kappa shape index (κ1) is 28.5. The first-order valence-corrected chi connectivity index (χ1v) is 14.0. The molecule has 0 aliphatic carbocycles. The fourth-order valence-corrected chi connectivity index (χ4v) is 4.69. The van der Waals surface area contributed by atoms with Gasteiger partial charge in [-0.05, 0) is 49.9 Å². The second kappa shape index (κ2) is 15.3. The van der Waals surface area contributed by atoms with Gasteiger partial charge >= 0.3 is 11.9 Å². The summed E-state index contributed by atoms with van der Waals surface area (Å²) in [5, 5.41) is 0. The van der Waals surface area contributed by atoms with E-state index in [4.69, 9.17) is 18.9 Å². The van der Waals surface area contributed by atoms with E-state index in [1.807, 2.05) is 31.2 Å². The minimum absolute atomic E-state index is 0.199. The molecule has 1 atom stereocenters. The fourth-order valence-electron chi connectivity index (χ4n) is 4.69. The molecule has 2 aromatic carbocycles. The summed E-state index contributed by atoms with van der Waals surface area (Å²) in [4.78, 5) is 23.7. The van der Waals surface area contributed by atoms with Crippen LogP contribution in [0.25, 0.3) is 0 Å². The van der Waals surface area contributed by atoms with Crippen LogP contribution in [-0.2, 0) is 16.0 Å². The van der Waals surface area contributed by atoms with E-state index >= 15 is 0 Å². The maximum Gasteiger partial charge on any atom is 0.311 e. The molecule has 0 saturated carbocycles. The first-order chi connectivity index (χ1) is 18.0. The molecule has 0 bridgehead atoms. The third-order valence-corrected chi connectivity index (χ3v) is 6.59. The van der Waals surface area contributed by atoms with Crippen LogP contribution in [0.5, 0.6) is 23.0 Å². The maximum absolute atomic E-state index is 12.4. The molecule has 1 heterocycles. The van der Waals surface area contributed by atoms with Crippen molar-refractivity contribution in [2.45, 2.75) is 104 Å². The molecule has 0 amide bonds. The number of ether oxygens (including phenoxy) is 4. The average molecular weight is 511 g/mol. The Bertz CT molecular complexity index is 1010. The predicted octanol–water partition coefficient (Wildman–Crippen LogP) is 7.90. The highest BCUT2D eigenvalue weighted by Crippen LogP contribution is 2.41. The number of benzene rings is 2. The summed E-state index contributed by atoms with van der Waals surface area (Å²) < 4.78 is 23.0. The number of fused-ring (bicyclic) bond motifs is 1. The number of carbonyl (C=O) groups excluding carboxylic acids is 2. The summed E-state index contributed by atoms with van der Waals surface area (Å²) >= 11 is 0. The van der Waals surface area contributed by atoms with Crippen LogP contribution in [0.4, 0.5) is 0 Å². The standard InChI is InChI=1S/C31H42O6/c1-4-6-7-8-9-10-11-12-13-14-31(33)36-26-17-15-24-16-20-28(37-29(24)21-26)27-19-18-25(35-23(3)32)22-30(27)34-5-2/h15,17-19,21-22,28H,4-14,16,20H2,1-3H3. The number of carbonyl (C=O) groups is 2. The SMILES string of the molecule is CCCCCCCCCCCC(=O)Oc1ccc2c(c1)OC(c1ccc(OC(C)=O)cc1OCC)CC2. The number of aryl methyl sites for hydroxylation is 1. The lowest BCUT2D eigenvalue weighted by Crippen LogP contribution is -2.17. The molecule has 6 nitrogen and oxygen atoms in total. The van der Waals surface area contributed by atoms with Crippen molar-refractivity contribution < 1.29 is 28.5 Å². The van der Waals surface area contributed by atoms with Crippen LogP contribution in [0.2, 0.25) is 0 Å². The van der Waals surface area contributed by atoms with Crippen LogP contribution in [0, 0.1) is 0 Å². The molecule has 0 spiro atoms. The molecule has 202 valence electrons. The summed E-state index contributed by atoms with van der Waals surface area (Å²) in [6.07, 6.45) is 12.8. The van der Waals surface area contributed by atoms with Gasteiger partial charge in [0.05, 0.1) is 6.61 Å². The van der Waals surface area contributed by atoms with Crippen LogP contribution in [0.3, 0.4) is 0 Å². The van der Waals surface area contributed by atoms with Crippen molar-refractivity contribution in [1.29, 1.82) is 0 Å². The summed E-state index contributed by atoms with van der Waals surface area (Å²) in [7, 11) is 0. The van der Waals surface area contributed by atoms with E-state index in [0.717, 1.165) is 42.6 Å². The molecule has 37 heavy (non-hydrogen) atoms. The van der Waals surface area contributed by atoms with Crippen molar-refractivity contribution in [2.75, 3.05) is 6.61 Å². The highest BCUT2D eigenvalue weighted by molar-refractivity contribution is 5.72. The predicted molar refractivity (Wildman–Crippen MR) is 145 cm³/mol. The van der Waals surface area contributed by atoms with Crippen molar-refractivity contribution in [3.05, 3.63) is 47.5 Å². The summed E-state index contributed by atoms with van der Waals surface area (Å²) in [6, 6.07) is 11.0. The van der Waals surface area contributed by atoms with Gasteiger partial charge < -0.3 is 18.9 Å². The third-order valence-electron chi connectivity index (χ3n) is 6.59. The van der Waals surface area contributed by atoms with Gasteiger partial charge in [0, 0.05) is 31.0 Å². The van der Waals surface area contributed by atoms with Gasteiger partial charge in [0.2, 0.25) is 0 Å². The van der Waals surface area contributed by atoms with Gasteiger partial charge in [-0.15, -0.1) is 0 Å². The molecule has 1 aliphatic heterocycles. The number of hydrogen-bond acceptors (Lipinski definition) is 6. The molecule has 2 aromatic rings. The molecule has 0 fully saturated rings. The van der Waals surface area contributed by atoms with Crippen molar-refractivity contribution in [3.8, 4) is 23.0 Å². The summed E-state index contributed by atoms with van der Waals surface area (Å²) in [6.45, 7) is 6.00. The molecule has 0 radical (unpaired) electrons. The molecule has 3 rings (SSSR count). The van der Waals surface area contributed by atoms with Gasteiger partial charge in [0.15, 0.2) is 0 Å². The quantitative estimate of drug-likeness (QED) is 0.138. The lowest BCUT2D eigenvalue weighted by atomic mass is 9.96. The Morgan fingerprint density at radius 2 is 1.54 bits per heavy atom. The van der Waals surface area contributed by atoms with Crippen LogP contribution in [0.15, 0.2) is 36.4 Å². The number of unbranched alkanes of at least 4 members (excludes halogenated alkanes) is 8. The Labute approximate surface area is 221 Å². The van der Waals surface area contributed by atoms with Crippen LogP contribution in [0.1, 0.15) is 109 Å². The molecule has 0 N–H and O–H groups in total. The summed E-state index contributed by atoms with van der Waals surface area (Å²) in [5.74, 6) is 1.73. The monoisotopic (exact) mass is 510 g/mol. The number of hydrogen-bond donors (Lipinski definition) is 0. The van der Waals surface area contributed by atoms with E-state index in [1.165, 1.54) is 51.9 Å². The second-order valence-electron chi connectivity index (χ2n) is 9.69. The largest absolute Gasteiger partial charge is 0.493 e. The van der Waals surface area contributed by atoms with Crippen LogP contribution >= 0.6 is 0 Å². The van der Waals surface area contributed by atoms with Crippen LogP contribution < -0.4 is 18.9 Å². The van der Waals surface area contributed by atoms with Crippen molar-refractivity contribution >= 4 is 11.9 Å². The van der Waals surface area contributed by atoms with Gasteiger partial charge in [0.1, 0.15) is 29.1 Å². The van der Waals surface area contributed by atoms with Gasteiger partial charge in [-0.25, -0.2) is 0 Å². The molecule has 1 unspecified atom stereocenters. The van der Waals surface area contributed by atoms with E-state index in [1.54, 1.807) is 12.1 Å². The Morgan fingerprint density at radius 1 is 0.865 bits per heavy atom. The Hall–Kier alpha value is -3.02. The van der Waals surface area contributed by atoms with Gasteiger partial charge in [-0.2, -0.15) is 0 Å². The molecule has 6 heteroatoms. The van der Waals surface area contributed by atoms with Crippen molar-refractivity contribution in [3.63, 3.8) is 0 Å². The minimum atomic E-state index is -0.377. The molecular weight excluding hydrogens is 468 g/mol. The zero-order valence-electron chi connectivity index (χ0n) is 22.7. The van der Waals surface area contributed by atoms with E-state index in [0.29, 0.717) is 30.3 Å². The Morgan fingerprint density at radius 3 is 2.24 bits per heavy atom. The highest BCUT2D eigenvalue weighted by atomic mass is 16.5. The average Bonchev–Trinajstić information content (AvgIpc) is 2.87. The van der Waals surface area contributed by atoms with E-state index in [-0.39, 0.29) is 18.0 Å². The van der Waals surface area contributed by atoms with E-state index < -0.39 is 0 Å². The lowest BCUT2D eigenvalue weighted by molar-refractivity contribution is -0.134. The fraction of sp³-hybridized carbons (Fsp3) is 0.548.